The van der Waals surface area contributed by atoms with Crippen molar-refractivity contribution in [3.8, 4) is 22.3 Å². The van der Waals surface area contributed by atoms with E-state index in [0.717, 1.165) is 69.8 Å². The van der Waals surface area contributed by atoms with Gasteiger partial charge in [0.2, 0.25) is 0 Å². The Labute approximate surface area is 189 Å². The molecule has 1 aliphatic carbocycles. The lowest BCUT2D eigenvalue weighted by Gasteiger charge is -2.20. The lowest BCUT2D eigenvalue weighted by atomic mass is 9.86. The van der Waals surface area contributed by atoms with Crippen molar-refractivity contribution in [3.63, 3.8) is 0 Å². The largest absolute Gasteiger partial charge is 0.462 e. The highest BCUT2D eigenvalue weighted by Crippen LogP contribution is 2.51. The summed E-state index contributed by atoms with van der Waals surface area (Å²) < 4.78 is 11.2. The van der Waals surface area contributed by atoms with Gasteiger partial charge in [0.25, 0.3) is 0 Å². The van der Waals surface area contributed by atoms with E-state index < -0.39 is 11.9 Å². The molecule has 0 saturated heterocycles. The van der Waals surface area contributed by atoms with Crippen LogP contribution in [-0.2, 0) is 9.47 Å². The van der Waals surface area contributed by atoms with Crippen molar-refractivity contribution in [1.82, 2.24) is 0 Å². The minimum absolute atomic E-state index is 0.337. The topological polar surface area (TPSA) is 52.6 Å². The van der Waals surface area contributed by atoms with Crippen LogP contribution in [0.3, 0.4) is 0 Å². The van der Waals surface area contributed by atoms with Gasteiger partial charge in [0.15, 0.2) is 0 Å². The predicted octanol–water partition coefficient (Wildman–Crippen LogP) is 7.02. The number of hydrogen-bond acceptors (Lipinski definition) is 4. The summed E-state index contributed by atoms with van der Waals surface area (Å²) in [5.41, 5.74) is 6.46. The molecule has 166 valence electrons. The summed E-state index contributed by atoms with van der Waals surface area (Å²) >= 11 is 0. The summed E-state index contributed by atoms with van der Waals surface area (Å²) in [5.74, 6) is -0.903. The zero-order valence-electron chi connectivity index (χ0n) is 19.3. The van der Waals surface area contributed by atoms with Crippen molar-refractivity contribution in [1.29, 1.82) is 0 Å². The zero-order chi connectivity index (χ0) is 22.8. The molecule has 4 heteroatoms. The van der Waals surface area contributed by atoms with E-state index in [9.17, 15) is 9.59 Å². The number of unbranched alkanes of at least 4 members (excludes halogenated alkanes) is 2. The molecule has 0 amide bonds. The average Bonchev–Trinajstić information content (AvgIpc) is 3.13. The number of ether oxygens (including phenoxy) is 2. The maximum absolute atomic E-state index is 13.2. The van der Waals surface area contributed by atoms with Crippen LogP contribution in [0.4, 0.5) is 0 Å². The van der Waals surface area contributed by atoms with Crippen molar-refractivity contribution >= 4 is 22.7 Å². The monoisotopic (exact) mass is 430 g/mol. The third kappa shape index (κ3) is 3.58. The van der Waals surface area contributed by atoms with Gasteiger partial charge < -0.3 is 9.47 Å². The Morgan fingerprint density at radius 2 is 1.16 bits per heavy atom. The first kappa shape index (κ1) is 22.1. The van der Waals surface area contributed by atoms with Crippen molar-refractivity contribution in [2.75, 3.05) is 13.2 Å². The minimum Gasteiger partial charge on any atom is -0.462 e. The normalized spacial score (nSPS) is 11.5. The standard InChI is InChI=1S/C28H30O4/c1-5-7-15-31-27(29)24-17(3)22-20-13-9-11-19-12-10-14-21(26(19)20)23(22)18(4)25(24)28(30)32-16-8-6-2/h9-14H,5-8,15-16H2,1-4H3. The number of esters is 2. The van der Waals surface area contributed by atoms with Gasteiger partial charge in [0, 0.05) is 0 Å². The van der Waals surface area contributed by atoms with Crippen LogP contribution in [0, 0.1) is 13.8 Å². The lowest BCUT2D eigenvalue weighted by Crippen LogP contribution is -2.19. The van der Waals surface area contributed by atoms with Crippen LogP contribution in [0.1, 0.15) is 71.4 Å². The lowest BCUT2D eigenvalue weighted by molar-refractivity contribution is 0.0451. The molecule has 4 rings (SSSR count). The number of carbonyl (C=O) groups is 2. The van der Waals surface area contributed by atoms with Gasteiger partial charge >= 0.3 is 11.9 Å². The average molecular weight is 431 g/mol. The first-order valence-corrected chi connectivity index (χ1v) is 11.5. The minimum atomic E-state index is -0.451. The van der Waals surface area contributed by atoms with Crippen LogP contribution in [0.25, 0.3) is 33.0 Å². The molecule has 0 atom stereocenters. The third-order valence-electron chi connectivity index (χ3n) is 6.31. The summed E-state index contributed by atoms with van der Waals surface area (Å²) in [5, 5.41) is 2.31. The van der Waals surface area contributed by atoms with Gasteiger partial charge in [0.1, 0.15) is 0 Å². The third-order valence-corrected chi connectivity index (χ3v) is 6.31. The van der Waals surface area contributed by atoms with Crippen LogP contribution in [0.15, 0.2) is 36.4 Å². The van der Waals surface area contributed by atoms with Crippen LogP contribution in [-0.4, -0.2) is 25.2 Å². The molecule has 3 aromatic rings. The van der Waals surface area contributed by atoms with Gasteiger partial charge in [-0.25, -0.2) is 9.59 Å². The maximum atomic E-state index is 13.2. The van der Waals surface area contributed by atoms with Gasteiger partial charge in [-0.1, -0.05) is 63.1 Å². The molecule has 0 fully saturated rings. The Morgan fingerprint density at radius 3 is 1.56 bits per heavy atom. The Hall–Kier alpha value is -3.14. The molecule has 32 heavy (non-hydrogen) atoms. The zero-order valence-corrected chi connectivity index (χ0v) is 19.3. The summed E-state index contributed by atoms with van der Waals surface area (Å²) in [6.45, 7) is 8.61. The van der Waals surface area contributed by atoms with E-state index in [2.05, 4.69) is 24.3 Å². The van der Waals surface area contributed by atoms with E-state index in [-0.39, 0.29) is 0 Å². The van der Waals surface area contributed by atoms with E-state index in [0.29, 0.717) is 24.3 Å². The van der Waals surface area contributed by atoms with Crippen molar-refractivity contribution in [3.05, 3.63) is 58.7 Å². The van der Waals surface area contributed by atoms with Crippen molar-refractivity contribution in [2.45, 2.75) is 53.4 Å². The molecule has 0 unspecified atom stereocenters. The van der Waals surface area contributed by atoms with E-state index >= 15 is 0 Å². The molecule has 0 aromatic heterocycles. The first-order valence-electron chi connectivity index (χ1n) is 11.5. The number of fused-ring (bicyclic) bond motifs is 3. The molecule has 1 aliphatic rings. The first-order chi connectivity index (χ1) is 15.5. The van der Waals surface area contributed by atoms with E-state index in [1.165, 1.54) is 0 Å². The number of rotatable bonds is 8. The summed E-state index contributed by atoms with van der Waals surface area (Å²) in [7, 11) is 0. The second-order valence-electron chi connectivity index (χ2n) is 8.44. The molecule has 3 aromatic carbocycles. The molecular formula is C28H30O4. The van der Waals surface area contributed by atoms with Crippen LogP contribution in [0.2, 0.25) is 0 Å². The molecule has 0 aliphatic heterocycles. The smallest absolute Gasteiger partial charge is 0.339 e. The molecule has 0 bridgehead atoms. The van der Waals surface area contributed by atoms with Crippen molar-refractivity contribution in [2.24, 2.45) is 0 Å². The van der Waals surface area contributed by atoms with Gasteiger partial charge in [0.05, 0.1) is 24.3 Å². The summed E-state index contributed by atoms with van der Waals surface area (Å²) in [4.78, 5) is 26.5. The second-order valence-corrected chi connectivity index (χ2v) is 8.44. The Morgan fingerprint density at radius 1 is 0.719 bits per heavy atom. The van der Waals surface area contributed by atoms with Crippen molar-refractivity contribution < 1.29 is 19.1 Å². The van der Waals surface area contributed by atoms with Gasteiger partial charge in [-0.15, -0.1) is 0 Å². The van der Waals surface area contributed by atoms with Gasteiger partial charge in [-0.3, -0.25) is 0 Å². The maximum Gasteiger partial charge on any atom is 0.339 e. The fourth-order valence-electron chi connectivity index (χ4n) is 4.70. The molecule has 0 N–H and O–H groups in total. The molecule has 0 radical (unpaired) electrons. The Kier molecular flexibility index (Phi) is 6.31. The SMILES string of the molecule is CCCCOC(=O)c1c(C)c2c(c(C)c1C(=O)OCCCC)-c1cccc3cccc-2c13. The number of hydrogen-bond donors (Lipinski definition) is 0. The predicted molar refractivity (Wildman–Crippen MR) is 128 cm³/mol. The fourth-order valence-corrected chi connectivity index (χ4v) is 4.70. The van der Waals surface area contributed by atoms with E-state index in [1.807, 2.05) is 39.8 Å². The fraction of sp³-hybridized carbons (Fsp3) is 0.357. The van der Waals surface area contributed by atoms with Gasteiger partial charge in [-0.05, 0) is 70.8 Å². The molecule has 0 spiro atoms. The molecular weight excluding hydrogens is 400 g/mol. The van der Waals surface area contributed by atoms with Crippen LogP contribution < -0.4 is 0 Å². The highest BCUT2D eigenvalue weighted by molar-refractivity contribution is 6.20. The molecule has 0 heterocycles. The highest BCUT2D eigenvalue weighted by atomic mass is 16.5. The Bertz CT molecular complexity index is 1120. The van der Waals surface area contributed by atoms with E-state index in [4.69, 9.17) is 9.47 Å². The summed E-state index contributed by atoms with van der Waals surface area (Å²) in [6.07, 6.45) is 3.43. The van der Waals surface area contributed by atoms with Crippen LogP contribution >= 0.6 is 0 Å². The van der Waals surface area contributed by atoms with Gasteiger partial charge in [-0.2, -0.15) is 0 Å². The Balaban J connectivity index is 1.94. The highest BCUT2D eigenvalue weighted by Gasteiger charge is 2.33. The van der Waals surface area contributed by atoms with Crippen LogP contribution in [0.5, 0.6) is 0 Å². The quantitative estimate of drug-likeness (QED) is 0.223. The van der Waals surface area contributed by atoms with E-state index in [1.54, 1.807) is 0 Å². The number of carbonyl (C=O) groups excluding carboxylic acids is 2. The molecule has 0 saturated carbocycles. The second kappa shape index (κ2) is 9.15. The molecule has 4 nitrogen and oxygen atoms in total. The number of benzene rings is 3. The summed E-state index contributed by atoms with van der Waals surface area (Å²) in [6, 6.07) is 12.5.